The molecule has 0 unspecified atom stereocenters. The van der Waals surface area contributed by atoms with E-state index >= 15 is 0 Å². The maximum Gasteiger partial charge on any atom is 0.0756 e. The lowest BCUT2D eigenvalue weighted by Crippen LogP contribution is -2.03. The molecule has 1 aromatic rings. The van der Waals surface area contributed by atoms with Crippen LogP contribution in [0.25, 0.3) is 0 Å². The number of aryl methyl sites for hydroxylation is 1. The van der Waals surface area contributed by atoms with E-state index in [-0.39, 0.29) is 12.4 Å². The summed E-state index contributed by atoms with van der Waals surface area (Å²) in [4.78, 5) is 0. The molecule has 0 amide bonds. The first-order valence-electron chi connectivity index (χ1n) is 5.05. The Balaban J connectivity index is 0.00000169. The van der Waals surface area contributed by atoms with E-state index in [1.165, 1.54) is 24.2 Å². The van der Waals surface area contributed by atoms with Gasteiger partial charge in [0.25, 0.3) is 0 Å². The number of halogens is 1. The van der Waals surface area contributed by atoms with E-state index in [1.807, 2.05) is 10.9 Å². The summed E-state index contributed by atoms with van der Waals surface area (Å²) >= 11 is 0. The van der Waals surface area contributed by atoms with Gasteiger partial charge in [-0.3, -0.25) is 4.68 Å². The van der Waals surface area contributed by atoms with Gasteiger partial charge in [-0.05, 0) is 20.3 Å². The second kappa shape index (κ2) is 6.71. The molecule has 0 saturated carbocycles. The molecule has 1 heterocycles. The molecule has 0 spiro atoms. The predicted octanol–water partition coefficient (Wildman–Crippen LogP) is 2.85. The van der Waals surface area contributed by atoms with E-state index in [1.54, 1.807) is 0 Å². The molecule has 0 bridgehead atoms. The van der Waals surface area contributed by atoms with E-state index in [0.717, 1.165) is 13.1 Å². The van der Waals surface area contributed by atoms with E-state index in [0.29, 0.717) is 0 Å². The molecule has 0 aliphatic carbocycles. The molecule has 0 aromatic carbocycles. The van der Waals surface area contributed by atoms with Crippen LogP contribution in [0.5, 0.6) is 0 Å². The van der Waals surface area contributed by atoms with Gasteiger partial charge in [0, 0.05) is 13.1 Å². The highest BCUT2D eigenvalue weighted by atomic mass is 35.5. The van der Waals surface area contributed by atoms with Crippen LogP contribution in [-0.2, 0) is 6.54 Å². The summed E-state index contributed by atoms with van der Waals surface area (Å²) in [5, 5.41) is 7.65. The Kier molecular flexibility index (Phi) is 6.37. The minimum absolute atomic E-state index is 0. The standard InChI is InChI=1S/C10H19N3.ClH/c1-4-6-7-11-10-8-12-13(5-2)9(10)3;/h8,11H,4-7H2,1-3H3;1H. The van der Waals surface area contributed by atoms with E-state index in [4.69, 9.17) is 0 Å². The van der Waals surface area contributed by atoms with Gasteiger partial charge in [0.15, 0.2) is 0 Å². The largest absolute Gasteiger partial charge is 0.382 e. The van der Waals surface area contributed by atoms with Crippen molar-refractivity contribution in [3.63, 3.8) is 0 Å². The van der Waals surface area contributed by atoms with Gasteiger partial charge in [-0.15, -0.1) is 12.4 Å². The number of nitrogens with one attached hydrogen (secondary N) is 1. The van der Waals surface area contributed by atoms with Gasteiger partial charge in [0.2, 0.25) is 0 Å². The van der Waals surface area contributed by atoms with Crippen LogP contribution in [0.2, 0.25) is 0 Å². The summed E-state index contributed by atoms with van der Waals surface area (Å²) in [6, 6.07) is 0. The molecule has 0 aliphatic heterocycles. The van der Waals surface area contributed by atoms with E-state index < -0.39 is 0 Å². The lowest BCUT2D eigenvalue weighted by molar-refractivity contribution is 0.640. The third-order valence-corrected chi connectivity index (χ3v) is 2.25. The van der Waals surface area contributed by atoms with Crippen LogP contribution in [0.4, 0.5) is 5.69 Å². The van der Waals surface area contributed by atoms with Crippen LogP contribution < -0.4 is 5.32 Å². The molecule has 1 N–H and O–H groups in total. The molecular formula is C10H20ClN3. The topological polar surface area (TPSA) is 29.9 Å². The van der Waals surface area contributed by atoms with Gasteiger partial charge in [0.05, 0.1) is 17.6 Å². The van der Waals surface area contributed by atoms with Crippen LogP contribution in [0.15, 0.2) is 6.20 Å². The maximum atomic E-state index is 4.27. The van der Waals surface area contributed by atoms with Crippen LogP contribution >= 0.6 is 12.4 Å². The predicted molar refractivity (Wildman–Crippen MR) is 63.3 cm³/mol. The summed E-state index contributed by atoms with van der Waals surface area (Å²) in [5.41, 5.74) is 2.41. The normalized spacial score (nSPS) is 9.64. The highest BCUT2D eigenvalue weighted by Crippen LogP contribution is 2.12. The van der Waals surface area contributed by atoms with Crippen molar-refractivity contribution in [1.29, 1.82) is 0 Å². The number of anilines is 1. The van der Waals surface area contributed by atoms with Gasteiger partial charge in [-0.2, -0.15) is 5.10 Å². The Morgan fingerprint density at radius 3 is 2.64 bits per heavy atom. The highest BCUT2D eigenvalue weighted by Gasteiger charge is 2.02. The number of unbranched alkanes of at least 4 members (excludes halogenated alkanes) is 1. The fraction of sp³-hybridized carbons (Fsp3) is 0.700. The zero-order valence-corrected chi connectivity index (χ0v) is 10.0. The van der Waals surface area contributed by atoms with Crippen molar-refractivity contribution in [3.05, 3.63) is 11.9 Å². The SMILES string of the molecule is CCCCNc1cnn(CC)c1C.Cl. The second-order valence-electron chi connectivity index (χ2n) is 3.24. The molecule has 1 aromatic heterocycles. The molecule has 0 atom stereocenters. The zero-order chi connectivity index (χ0) is 9.68. The fourth-order valence-electron chi connectivity index (χ4n) is 1.34. The Morgan fingerprint density at radius 2 is 2.14 bits per heavy atom. The summed E-state index contributed by atoms with van der Waals surface area (Å²) < 4.78 is 2.01. The van der Waals surface area contributed by atoms with Crippen molar-refractivity contribution < 1.29 is 0 Å². The van der Waals surface area contributed by atoms with Crippen LogP contribution in [0.1, 0.15) is 32.4 Å². The zero-order valence-electron chi connectivity index (χ0n) is 9.21. The number of hydrogen-bond acceptors (Lipinski definition) is 2. The molecule has 0 fully saturated rings. The molecule has 14 heavy (non-hydrogen) atoms. The fourth-order valence-corrected chi connectivity index (χ4v) is 1.34. The number of rotatable bonds is 5. The van der Waals surface area contributed by atoms with Crippen molar-refractivity contribution in [2.24, 2.45) is 0 Å². The lowest BCUT2D eigenvalue weighted by atomic mass is 10.3. The Labute approximate surface area is 92.3 Å². The van der Waals surface area contributed by atoms with Crippen LogP contribution in [0.3, 0.4) is 0 Å². The third kappa shape index (κ3) is 3.22. The van der Waals surface area contributed by atoms with Crippen molar-refractivity contribution in [1.82, 2.24) is 9.78 Å². The lowest BCUT2D eigenvalue weighted by Gasteiger charge is -2.04. The Morgan fingerprint density at radius 1 is 1.43 bits per heavy atom. The molecule has 1 rings (SSSR count). The molecule has 82 valence electrons. The molecule has 3 nitrogen and oxygen atoms in total. The van der Waals surface area contributed by atoms with Gasteiger partial charge in [-0.25, -0.2) is 0 Å². The number of nitrogens with zero attached hydrogens (tertiary/aromatic N) is 2. The van der Waals surface area contributed by atoms with Crippen molar-refractivity contribution >= 4 is 18.1 Å². The van der Waals surface area contributed by atoms with Gasteiger partial charge >= 0.3 is 0 Å². The summed E-state index contributed by atoms with van der Waals surface area (Å²) in [5.74, 6) is 0. The second-order valence-corrected chi connectivity index (χ2v) is 3.24. The first-order chi connectivity index (χ1) is 6.29. The number of aromatic nitrogens is 2. The quantitative estimate of drug-likeness (QED) is 0.769. The van der Waals surface area contributed by atoms with Crippen LogP contribution in [-0.4, -0.2) is 16.3 Å². The summed E-state index contributed by atoms with van der Waals surface area (Å²) in [6.07, 6.45) is 4.36. The molecule has 0 saturated heterocycles. The smallest absolute Gasteiger partial charge is 0.0756 e. The van der Waals surface area contributed by atoms with E-state index in [9.17, 15) is 0 Å². The van der Waals surface area contributed by atoms with Crippen molar-refractivity contribution in [2.45, 2.75) is 40.2 Å². The average molecular weight is 218 g/mol. The van der Waals surface area contributed by atoms with Crippen LogP contribution in [0, 0.1) is 6.92 Å². The first kappa shape index (κ1) is 13.3. The monoisotopic (exact) mass is 217 g/mol. The minimum atomic E-state index is 0. The van der Waals surface area contributed by atoms with E-state index in [2.05, 4.69) is 31.2 Å². The molecular weight excluding hydrogens is 198 g/mol. The first-order valence-corrected chi connectivity index (χ1v) is 5.05. The number of hydrogen-bond donors (Lipinski definition) is 1. The highest BCUT2D eigenvalue weighted by molar-refractivity contribution is 5.85. The van der Waals surface area contributed by atoms with Crippen molar-refractivity contribution in [3.8, 4) is 0 Å². The Bertz CT molecular complexity index is 258. The average Bonchev–Trinajstić information content (AvgIpc) is 2.48. The van der Waals surface area contributed by atoms with Gasteiger partial charge in [0.1, 0.15) is 0 Å². The molecule has 4 heteroatoms. The summed E-state index contributed by atoms with van der Waals surface area (Å²) in [6.45, 7) is 8.40. The van der Waals surface area contributed by atoms with Gasteiger partial charge in [-0.1, -0.05) is 13.3 Å². The third-order valence-electron chi connectivity index (χ3n) is 2.25. The maximum absolute atomic E-state index is 4.27. The minimum Gasteiger partial charge on any atom is -0.382 e. The Hall–Kier alpha value is -0.700. The molecule has 0 aliphatic rings. The van der Waals surface area contributed by atoms with Crippen molar-refractivity contribution in [2.75, 3.05) is 11.9 Å². The summed E-state index contributed by atoms with van der Waals surface area (Å²) in [7, 11) is 0. The van der Waals surface area contributed by atoms with Gasteiger partial charge < -0.3 is 5.32 Å². The molecule has 0 radical (unpaired) electrons.